The molecule has 2 aliphatic rings. The summed E-state index contributed by atoms with van der Waals surface area (Å²) in [5.41, 5.74) is -0.625. The Kier molecular flexibility index (Phi) is 3.78. The van der Waals surface area contributed by atoms with E-state index in [0.29, 0.717) is 6.54 Å². The second-order valence-electron chi connectivity index (χ2n) is 6.48. The molecule has 1 aliphatic carbocycles. The van der Waals surface area contributed by atoms with Crippen molar-refractivity contribution in [1.29, 1.82) is 0 Å². The van der Waals surface area contributed by atoms with Crippen LogP contribution in [0.3, 0.4) is 0 Å². The molecule has 1 N–H and O–H groups in total. The Balaban J connectivity index is 1.92. The number of thiophene rings is 1. The van der Waals surface area contributed by atoms with E-state index in [1.54, 1.807) is 11.3 Å². The quantitative estimate of drug-likeness (QED) is 0.933. The lowest BCUT2D eigenvalue weighted by Crippen LogP contribution is -2.70. The highest BCUT2D eigenvalue weighted by molar-refractivity contribution is 7.09. The van der Waals surface area contributed by atoms with Crippen LogP contribution in [0.15, 0.2) is 17.5 Å². The molecule has 1 unspecified atom stereocenters. The molecule has 0 radical (unpaired) electrons. The fraction of sp³-hybridized carbons (Fsp3) is 0.625. The predicted molar refractivity (Wildman–Crippen MR) is 82.8 cm³/mol. The molecule has 0 aromatic carbocycles. The van der Waals surface area contributed by atoms with E-state index in [1.807, 2.05) is 36.3 Å². The van der Waals surface area contributed by atoms with Gasteiger partial charge in [-0.15, -0.1) is 11.3 Å². The molecule has 4 nitrogen and oxygen atoms in total. The summed E-state index contributed by atoms with van der Waals surface area (Å²) in [7, 11) is 0. The molecule has 1 aromatic rings. The number of nitrogens with one attached hydrogen (secondary N) is 1. The van der Waals surface area contributed by atoms with Crippen LogP contribution in [0, 0.1) is 5.92 Å². The molecule has 21 heavy (non-hydrogen) atoms. The van der Waals surface area contributed by atoms with Gasteiger partial charge in [0.1, 0.15) is 11.6 Å². The SMILES string of the molecule is CC(C)C1C(=O)NC2(CCCC2)C(=O)N1Cc1cccs1. The molecular formula is C16H22N2O2S. The second kappa shape index (κ2) is 5.44. The number of hydrogen-bond donors (Lipinski definition) is 1. The number of carbonyl (C=O) groups is 2. The van der Waals surface area contributed by atoms with Gasteiger partial charge in [-0.2, -0.15) is 0 Å². The van der Waals surface area contributed by atoms with Crippen LogP contribution in [-0.4, -0.2) is 28.3 Å². The number of hydrogen-bond acceptors (Lipinski definition) is 3. The van der Waals surface area contributed by atoms with Crippen LogP contribution in [0.5, 0.6) is 0 Å². The lowest BCUT2D eigenvalue weighted by molar-refractivity contribution is -0.157. The number of nitrogens with zero attached hydrogens (tertiary/aromatic N) is 1. The maximum Gasteiger partial charge on any atom is 0.249 e. The number of amides is 2. The number of carbonyl (C=O) groups excluding carboxylic acids is 2. The molecule has 1 saturated carbocycles. The first-order valence-electron chi connectivity index (χ1n) is 7.69. The Labute approximate surface area is 129 Å². The summed E-state index contributed by atoms with van der Waals surface area (Å²) in [4.78, 5) is 28.6. The van der Waals surface area contributed by atoms with Gasteiger partial charge in [-0.1, -0.05) is 32.8 Å². The first-order chi connectivity index (χ1) is 10.0. The summed E-state index contributed by atoms with van der Waals surface area (Å²) in [5, 5.41) is 5.07. The highest BCUT2D eigenvalue weighted by Gasteiger charge is 2.52. The van der Waals surface area contributed by atoms with Crippen molar-refractivity contribution < 1.29 is 9.59 Å². The fourth-order valence-electron chi connectivity index (χ4n) is 3.63. The molecule has 5 heteroatoms. The molecule has 2 fully saturated rings. The van der Waals surface area contributed by atoms with Gasteiger partial charge >= 0.3 is 0 Å². The summed E-state index contributed by atoms with van der Waals surface area (Å²) < 4.78 is 0. The maximum atomic E-state index is 13.1. The lowest BCUT2D eigenvalue weighted by Gasteiger charge is -2.45. The zero-order valence-corrected chi connectivity index (χ0v) is 13.4. The largest absolute Gasteiger partial charge is 0.340 e. The van der Waals surface area contributed by atoms with Gasteiger partial charge in [0.15, 0.2) is 0 Å². The van der Waals surface area contributed by atoms with E-state index in [1.165, 1.54) is 0 Å². The summed E-state index contributed by atoms with van der Waals surface area (Å²) in [6, 6.07) is 3.67. The first kappa shape index (κ1) is 14.6. The lowest BCUT2D eigenvalue weighted by atomic mass is 9.87. The average Bonchev–Trinajstić information content (AvgIpc) is 3.07. The van der Waals surface area contributed by atoms with E-state index < -0.39 is 5.54 Å². The van der Waals surface area contributed by atoms with Gasteiger partial charge in [0.2, 0.25) is 11.8 Å². The van der Waals surface area contributed by atoms with Gasteiger partial charge < -0.3 is 10.2 Å². The van der Waals surface area contributed by atoms with Crippen LogP contribution >= 0.6 is 11.3 Å². The van der Waals surface area contributed by atoms with Crippen molar-refractivity contribution in [1.82, 2.24) is 10.2 Å². The molecule has 1 atom stereocenters. The van der Waals surface area contributed by atoms with E-state index in [2.05, 4.69) is 5.32 Å². The second-order valence-corrected chi connectivity index (χ2v) is 7.51. The third kappa shape index (κ3) is 2.48. The van der Waals surface area contributed by atoms with E-state index in [0.717, 1.165) is 30.6 Å². The molecule has 2 heterocycles. The average molecular weight is 306 g/mol. The van der Waals surface area contributed by atoms with Crippen molar-refractivity contribution in [2.75, 3.05) is 0 Å². The van der Waals surface area contributed by atoms with Crippen molar-refractivity contribution in [2.45, 2.75) is 57.7 Å². The Morgan fingerprint density at radius 3 is 2.67 bits per heavy atom. The van der Waals surface area contributed by atoms with Gasteiger partial charge in [-0.25, -0.2) is 0 Å². The molecule has 3 rings (SSSR count). The number of rotatable bonds is 3. The van der Waals surface area contributed by atoms with Crippen molar-refractivity contribution in [3.63, 3.8) is 0 Å². The Morgan fingerprint density at radius 1 is 1.38 bits per heavy atom. The highest BCUT2D eigenvalue weighted by atomic mass is 32.1. The van der Waals surface area contributed by atoms with Crippen molar-refractivity contribution in [3.8, 4) is 0 Å². The molecule has 1 aliphatic heterocycles. The fourth-order valence-corrected chi connectivity index (χ4v) is 4.33. The minimum atomic E-state index is -0.625. The standard InChI is InChI=1S/C16H22N2O2S/c1-11(2)13-14(19)17-16(7-3-4-8-16)15(20)18(13)10-12-6-5-9-21-12/h5-6,9,11,13H,3-4,7-8,10H2,1-2H3,(H,17,19). The summed E-state index contributed by atoms with van der Waals surface area (Å²) in [6.07, 6.45) is 3.60. The van der Waals surface area contributed by atoms with Crippen LogP contribution in [0.2, 0.25) is 0 Å². The first-order valence-corrected chi connectivity index (χ1v) is 8.57. The molecule has 114 valence electrons. The Morgan fingerprint density at radius 2 is 2.10 bits per heavy atom. The molecule has 1 spiro atoms. The molecule has 1 aromatic heterocycles. The highest BCUT2D eigenvalue weighted by Crippen LogP contribution is 2.36. The summed E-state index contributed by atoms with van der Waals surface area (Å²) in [6.45, 7) is 4.56. The Hall–Kier alpha value is -1.36. The van der Waals surface area contributed by atoms with Gasteiger partial charge in [-0.3, -0.25) is 9.59 Å². The topological polar surface area (TPSA) is 49.4 Å². The van der Waals surface area contributed by atoms with Crippen LogP contribution in [0.1, 0.15) is 44.4 Å². The van der Waals surface area contributed by atoms with E-state index in [-0.39, 0.29) is 23.8 Å². The minimum Gasteiger partial charge on any atom is -0.340 e. The van der Waals surface area contributed by atoms with Gasteiger partial charge in [0.05, 0.1) is 6.54 Å². The van der Waals surface area contributed by atoms with Gasteiger partial charge in [-0.05, 0) is 30.2 Å². The number of piperazine rings is 1. The third-order valence-electron chi connectivity index (χ3n) is 4.63. The zero-order chi connectivity index (χ0) is 15.0. The van der Waals surface area contributed by atoms with Gasteiger partial charge in [0, 0.05) is 4.88 Å². The maximum absolute atomic E-state index is 13.1. The zero-order valence-electron chi connectivity index (χ0n) is 12.6. The molecule has 0 bridgehead atoms. The summed E-state index contributed by atoms with van der Waals surface area (Å²) in [5.74, 6) is 0.252. The minimum absolute atomic E-state index is 0.0167. The predicted octanol–water partition coefficient (Wildman–Crippen LogP) is 2.54. The van der Waals surface area contributed by atoms with Crippen molar-refractivity contribution >= 4 is 23.2 Å². The van der Waals surface area contributed by atoms with Crippen LogP contribution < -0.4 is 5.32 Å². The molecule has 1 saturated heterocycles. The summed E-state index contributed by atoms with van der Waals surface area (Å²) >= 11 is 1.64. The Bertz CT molecular complexity index is 532. The van der Waals surface area contributed by atoms with Crippen molar-refractivity contribution in [2.24, 2.45) is 5.92 Å². The molecule has 2 amide bonds. The van der Waals surface area contributed by atoms with E-state index in [9.17, 15) is 9.59 Å². The normalized spacial score (nSPS) is 24.9. The third-order valence-corrected chi connectivity index (χ3v) is 5.49. The monoisotopic (exact) mass is 306 g/mol. The smallest absolute Gasteiger partial charge is 0.249 e. The van der Waals surface area contributed by atoms with E-state index in [4.69, 9.17) is 0 Å². The van der Waals surface area contributed by atoms with Gasteiger partial charge in [0.25, 0.3) is 0 Å². The van der Waals surface area contributed by atoms with Crippen LogP contribution in [-0.2, 0) is 16.1 Å². The molecular weight excluding hydrogens is 284 g/mol. The van der Waals surface area contributed by atoms with Crippen molar-refractivity contribution in [3.05, 3.63) is 22.4 Å². The van der Waals surface area contributed by atoms with E-state index >= 15 is 0 Å². The van der Waals surface area contributed by atoms with Crippen LogP contribution in [0.25, 0.3) is 0 Å². The van der Waals surface area contributed by atoms with Crippen LogP contribution in [0.4, 0.5) is 0 Å².